The highest BCUT2D eigenvalue weighted by Crippen LogP contribution is 2.33. The summed E-state index contributed by atoms with van der Waals surface area (Å²) in [5, 5.41) is 2.95. The fourth-order valence-corrected chi connectivity index (χ4v) is 1.95. The van der Waals surface area contributed by atoms with Gasteiger partial charge in [0.05, 0.1) is 5.56 Å². The molecule has 0 aliphatic heterocycles. The van der Waals surface area contributed by atoms with E-state index in [9.17, 15) is 13.2 Å². The lowest BCUT2D eigenvalue weighted by molar-refractivity contribution is -0.137. The highest BCUT2D eigenvalue weighted by atomic mass is 79.9. The van der Waals surface area contributed by atoms with Crippen molar-refractivity contribution in [1.82, 2.24) is 0 Å². The summed E-state index contributed by atoms with van der Waals surface area (Å²) in [5.74, 6) is 0.855. The maximum Gasteiger partial charge on any atom is 0.416 e. The third-order valence-electron chi connectivity index (χ3n) is 1.86. The molecular formula is C10H11BrF3NS. The van der Waals surface area contributed by atoms with Gasteiger partial charge in [0.2, 0.25) is 0 Å². The minimum atomic E-state index is -4.31. The van der Waals surface area contributed by atoms with Gasteiger partial charge >= 0.3 is 6.18 Å². The Kier molecular flexibility index (Phi) is 4.98. The second-order valence-corrected chi connectivity index (χ2v) is 5.05. The third kappa shape index (κ3) is 4.25. The van der Waals surface area contributed by atoms with Crippen LogP contribution in [0.5, 0.6) is 0 Å². The Balaban J connectivity index is 2.82. The van der Waals surface area contributed by atoms with E-state index in [2.05, 4.69) is 21.2 Å². The van der Waals surface area contributed by atoms with E-state index in [0.29, 0.717) is 16.7 Å². The van der Waals surface area contributed by atoms with E-state index in [-0.39, 0.29) is 0 Å². The van der Waals surface area contributed by atoms with Gasteiger partial charge in [0.1, 0.15) is 0 Å². The lowest BCUT2D eigenvalue weighted by atomic mass is 10.2. The van der Waals surface area contributed by atoms with E-state index < -0.39 is 11.7 Å². The van der Waals surface area contributed by atoms with Gasteiger partial charge in [0.25, 0.3) is 0 Å². The van der Waals surface area contributed by atoms with Gasteiger partial charge in [-0.1, -0.05) is 15.9 Å². The maximum absolute atomic E-state index is 12.5. The van der Waals surface area contributed by atoms with Crippen molar-refractivity contribution in [2.45, 2.75) is 6.18 Å². The molecule has 0 aliphatic rings. The van der Waals surface area contributed by atoms with E-state index in [4.69, 9.17) is 0 Å². The van der Waals surface area contributed by atoms with Crippen LogP contribution in [-0.2, 0) is 6.18 Å². The first-order valence-corrected chi connectivity index (χ1v) is 6.73. The standard InChI is InChI=1S/C10H11BrF3NS/c1-16-3-2-15-9-5-7(10(12,13)14)4-8(11)6-9/h4-6,15H,2-3H2,1H3. The van der Waals surface area contributed by atoms with Crippen LogP contribution >= 0.6 is 27.7 Å². The van der Waals surface area contributed by atoms with Gasteiger partial charge in [-0.3, -0.25) is 0 Å². The Morgan fingerprint density at radius 3 is 2.56 bits per heavy atom. The van der Waals surface area contributed by atoms with Crippen molar-refractivity contribution in [2.24, 2.45) is 0 Å². The number of hydrogen-bond donors (Lipinski definition) is 1. The molecule has 1 rings (SSSR count). The second-order valence-electron chi connectivity index (χ2n) is 3.15. The normalized spacial score (nSPS) is 11.6. The van der Waals surface area contributed by atoms with Crippen LogP contribution < -0.4 is 5.32 Å². The highest BCUT2D eigenvalue weighted by Gasteiger charge is 2.30. The van der Waals surface area contributed by atoms with Gasteiger partial charge in [-0.05, 0) is 24.5 Å². The summed E-state index contributed by atoms with van der Waals surface area (Å²) in [7, 11) is 0. The SMILES string of the molecule is CSCCNc1cc(Br)cc(C(F)(F)F)c1. The molecule has 0 bridgehead atoms. The predicted octanol–water partition coefficient (Wildman–Crippen LogP) is 4.24. The molecule has 0 amide bonds. The minimum absolute atomic E-state index is 0.425. The summed E-state index contributed by atoms with van der Waals surface area (Å²) in [5.41, 5.74) is -0.163. The van der Waals surface area contributed by atoms with Crippen LogP contribution in [0.1, 0.15) is 5.56 Å². The Hall–Kier alpha value is -0.360. The largest absolute Gasteiger partial charge is 0.416 e. The average molecular weight is 314 g/mol. The number of halogens is 4. The van der Waals surface area contributed by atoms with Crippen LogP contribution in [0.2, 0.25) is 0 Å². The monoisotopic (exact) mass is 313 g/mol. The van der Waals surface area contributed by atoms with Crippen LogP contribution in [0.25, 0.3) is 0 Å². The number of nitrogens with one attached hydrogen (secondary N) is 1. The molecule has 0 fully saturated rings. The zero-order valence-electron chi connectivity index (χ0n) is 8.57. The predicted molar refractivity (Wildman–Crippen MR) is 66.0 cm³/mol. The van der Waals surface area contributed by atoms with Gasteiger partial charge in [-0.15, -0.1) is 0 Å². The molecule has 0 aromatic heterocycles. The molecule has 1 N–H and O–H groups in total. The topological polar surface area (TPSA) is 12.0 Å². The van der Waals surface area contributed by atoms with E-state index in [1.807, 2.05) is 6.26 Å². The molecule has 0 aliphatic carbocycles. The fourth-order valence-electron chi connectivity index (χ4n) is 1.15. The molecule has 0 saturated heterocycles. The van der Waals surface area contributed by atoms with Crippen LogP contribution in [0, 0.1) is 0 Å². The molecule has 0 spiro atoms. The van der Waals surface area contributed by atoms with E-state index in [0.717, 1.165) is 17.9 Å². The van der Waals surface area contributed by atoms with Crippen molar-refractivity contribution in [3.05, 3.63) is 28.2 Å². The molecule has 0 saturated carbocycles. The van der Waals surface area contributed by atoms with E-state index in [1.165, 1.54) is 0 Å². The van der Waals surface area contributed by atoms with Crippen molar-refractivity contribution in [3.63, 3.8) is 0 Å². The van der Waals surface area contributed by atoms with Gasteiger partial charge in [0.15, 0.2) is 0 Å². The van der Waals surface area contributed by atoms with Gasteiger partial charge in [-0.2, -0.15) is 24.9 Å². The summed E-state index contributed by atoms with van der Waals surface area (Å²) in [6, 6.07) is 3.82. The Bertz CT molecular complexity index is 354. The average Bonchev–Trinajstić information content (AvgIpc) is 2.16. The minimum Gasteiger partial charge on any atom is -0.384 e. The molecular weight excluding hydrogens is 303 g/mol. The van der Waals surface area contributed by atoms with Crippen molar-refractivity contribution < 1.29 is 13.2 Å². The third-order valence-corrected chi connectivity index (χ3v) is 2.93. The highest BCUT2D eigenvalue weighted by molar-refractivity contribution is 9.10. The van der Waals surface area contributed by atoms with E-state index >= 15 is 0 Å². The smallest absolute Gasteiger partial charge is 0.384 e. The maximum atomic E-state index is 12.5. The second kappa shape index (κ2) is 5.82. The fraction of sp³-hybridized carbons (Fsp3) is 0.400. The molecule has 0 heterocycles. The first-order valence-electron chi connectivity index (χ1n) is 4.54. The molecule has 90 valence electrons. The zero-order chi connectivity index (χ0) is 12.2. The summed E-state index contributed by atoms with van der Waals surface area (Å²) < 4.78 is 37.9. The molecule has 0 atom stereocenters. The molecule has 0 unspecified atom stereocenters. The molecule has 6 heteroatoms. The number of alkyl halides is 3. The van der Waals surface area contributed by atoms with Crippen molar-refractivity contribution >= 4 is 33.4 Å². The van der Waals surface area contributed by atoms with Gasteiger partial charge in [-0.25, -0.2) is 0 Å². The Morgan fingerprint density at radius 2 is 2.00 bits per heavy atom. The lowest BCUT2D eigenvalue weighted by Gasteiger charge is -2.11. The lowest BCUT2D eigenvalue weighted by Crippen LogP contribution is -2.08. The van der Waals surface area contributed by atoms with Crippen molar-refractivity contribution in [2.75, 3.05) is 23.9 Å². The molecule has 0 radical (unpaired) electrons. The number of thioether (sulfide) groups is 1. The summed E-state index contributed by atoms with van der Waals surface area (Å²) in [6.45, 7) is 0.648. The molecule has 1 aromatic carbocycles. The van der Waals surface area contributed by atoms with Gasteiger partial charge in [0, 0.05) is 22.5 Å². The van der Waals surface area contributed by atoms with Crippen molar-refractivity contribution in [1.29, 1.82) is 0 Å². The van der Waals surface area contributed by atoms with Crippen molar-refractivity contribution in [3.8, 4) is 0 Å². The quantitative estimate of drug-likeness (QED) is 0.834. The first kappa shape index (κ1) is 13.7. The number of rotatable bonds is 4. The summed E-state index contributed by atoms with van der Waals surface area (Å²) in [4.78, 5) is 0. The molecule has 1 nitrogen and oxygen atoms in total. The number of anilines is 1. The van der Waals surface area contributed by atoms with Crippen LogP contribution in [0.4, 0.5) is 18.9 Å². The zero-order valence-corrected chi connectivity index (χ0v) is 11.0. The molecule has 1 aromatic rings. The number of benzene rings is 1. The molecule has 16 heavy (non-hydrogen) atoms. The van der Waals surface area contributed by atoms with E-state index in [1.54, 1.807) is 17.8 Å². The van der Waals surface area contributed by atoms with Crippen LogP contribution in [-0.4, -0.2) is 18.6 Å². The van der Waals surface area contributed by atoms with Gasteiger partial charge < -0.3 is 5.32 Å². The Morgan fingerprint density at radius 1 is 1.31 bits per heavy atom. The summed E-state index contributed by atoms with van der Waals surface area (Å²) >= 11 is 4.71. The summed E-state index contributed by atoms with van der Waals surface area (Å²) in [6.07, 6.45) is -2.36. The van der Waals surface area contributed by atoms with Crippen LogP contribution in [0.3, 0.4) is 0 Å². The Labute approximate surface area is 105 Å². The first-order chi connectivity index (χ1) is 7.43. The van der Waals surface area contributed by atoms with Crippen LogP contribution in [0.15, 0.2) is 22.7 Å². The number of hydrogen-bond acceptors (Lipinski definition) is 2.